The molecule has 0 saturated carbocycles. The highest BCUT2D eigenvalue weighted by molar-refractivity contribution is 5.55. The molecule has 2 aromatic rings. The van der Waals surface area contributed by atoms with Gasteiger partial charge in [-0.25, -0.2) is 9.97 Å². The second-order valence-corrected chi connectivity index (χ2v) is 7.57. The quantitative estimate of drug-likeness (QED) is 0.539. The largest absolute Gasteiger partial charge is 0.236 e. The summed E-state index contributed by atoms with van der Waals surface area (Å²) in [5, 5.41) is 0. The van der Waals surface area contributed by atoms with E-state index in [2.05, 4.69) is 49.3 Å². The summed E-state index contributed by atoms with van der Waals surface area (Å²) in [6.45, 7) is 4.52. The van der Waals surface area contributed by atoms with Crippen LogP contribution in [0.15, 0.2) is 30.5 Å². The predicted octanol–water partition coefficient (Wildman–Crippen LogP) is 6.17. The van der Waals surface area contributed by atoms with Crippen molar-refractivity contribution in [2.24, 2.45) is 5.92 Å². The molecule has 0 fully saturated rings. The standard InChI is InChI=1S/C23H32N2/c1-3-5-7-9-19-12-15-22-21(16-19)17-24-23(25-22)20-13-10-18(11-14-20)8-6-4-2/h10-11,13-14,17,19H,3-9,12,15-16H2,1-2H3. The van der Waals surface area contributed by atoms with E-state index in [9.17, 15) is 0 Å². The Morgan fingerprint density at radius 3 is 2.56 bits per heavy atom. The summed E-state index contributed by atoms with van der Waals surface area (Å²) in [7, 11) is 0. The Hall–Kier alpha value is -1.70. The lowest BCUT2D eigenvalue weighted by molar-refractivity contribution is 0.404. The van der Waals surface area contributed by atoms with E-state index in [1.165, 1.54) is 74.6 Å². The maximum Gasteiger partial charge on any atom is 0.159 e. The minimum atomic E-state index is 0.839. The minimum Gasteiger partial charge on any atom is -0.236 e. The van der Waals surface area contributed by atoms with Crippen molar-refractivity contribution in [1.82, 2.24) is 9.97 Å². The van der Waals surface area contributed by atoms with Crippen molar-refractivity contribution in [3.8, 4) is 11.4 Å². The Bertz CT molecular complexity index is 660. The van der Waals surface area contributed by atoms with Crippen LogP contribution in [-0.4, -0.2) is 9.97 Å². The molecule has 1 aromatic heterocycles. The molecule has 1 heterocycles. The zero-order valence-corrected chi connectivity index (χ0v) is 15.9. The Labute approximate surface area is 153 Å². The van der Waals surface area contributed by atoms with E-state index in [1.807, 2.05) is 0 Å². The number of fused-ring (bicyclic) bond motifs is 1. The van der Waals surface area contributed by atoms with Crippen LogP contribution in [0.3, 0.4) is 0 Å². The van der Waals surface area contributed by atoms with Gasteiger partial charge in [-0.2, -0.15) is 0 Å². The van der Waals surface area contributed by atoms with Crippen molar-refractivity contribution in [3.63, 3.8) is 0 Å². The summed E-state index contributed by atoms with van der Waals surface area (Å²) < 4.78 is 0. The number of rotatable bonds is 8. The molecular formula is C23H32N2. The van der Waals surface area contributed by atoms with Crippen LogP contribution >= 0.6 is 0 Å². The van der Waals surface area contributed by atoms with Crippen LogP contribution in [0.4, 0.5) is 0 Å². The maximum atomic E-state index is 4.90. The number of nitrogens with zero attached hydrogens (tertiary/aromatic N) is 2. The van der Waals surface area contributed by atoms with Crippen molar-refractivity contribution < 1.29 is 0 Å². The van der Waals surface area contributed by atoms with Crippen LogP contribution in [0.1, 0.15) is 75.6 Å². The molecule has 0 aliphatic heterocycles. The lowest BCUT2D eigenvalue weighted by Crippen LogP contribution is -2.16. The van der Waals surface area contributed by atoms with Gasteiger partial charge in [0.05, 0.1) is 0 Å². The van der Waals surface area contributed by atoms with Crippen LogP contribution in [-0.2, 0) is 19.3 Å². The second kappa shape index (κ2) is 9.12. The second-order valence-electron chi connectivity index (χ2n) is 7.57. The van der Waals surface area contributed by atoms with Crippen molar-refractivity contribution >= 4 is 0 Å². The predicted molar refractivity (Wildman–Crippen MR) is 106 cm³/mol. The van der Waals surface area contributed by atoms with Gasteiger partial charge in [0.25, 0.3) is 0 Å². The van der Waals surface area contributed by atoms with Gasteiger partial charge in [-0.15, -0.1) is 0 Å². The van der Waals surface area contributed by atoms with Crippen molar-refractivity contribution in [2.45, 2.75) is 78.1 Å². The first-order valence-corrected chi connectivity index (χ1v) is 10.2. The number of aryl methyl sites for hydroxylation is 2. The Morgan fingerprint density at radius 1 is 1.00 bits per heavy atom. The third-order valence-electron chi connectivity index (χ3n) is 5.50. The molecule has 134 valence electrons. The van der Waals surface area contributed by atoms with E-state index in [0.29, 0.717) is 0 Å². The minimum absolute atomic E-state index is 0.839. The molecule has 0 radical (unpaired) electrons. The van der Waals surface area contributed by atoms with Gasteiger partial charge < -0.3 is 0 Å². The van der Waals surface area contributed by atoms with Gasteiger partial charge in [0.2, 0.25) is 0 Å². The fourth-order valence-corrected chi connectivity index (χ4v) is 3.85. The van der Waals surface area contributed by atoms with E-state index >= 15 is 0 Å². The first kappa shape index (κ1) is 18.1. The Morgan fingerprint density at radius 2 is 1.80 bits per heavy atom. The molecule has 0 bridgehead atoms. The van der Waals surface area contributed by atoms with E-state index in [-0.39, 0.29) is 0 Å². The van der Waals surface area contributed by atoms with Crippen LogP contribution in [0, 0.1) is 5.92 Å². The monoisotopic (exact) mass is 336 g/mol. The van der Waals surface area contributed by atoms with Crippen LogP contribution in [0.2, 0.25) is 0 Å². The zero-order chi connectivity index (χ0) is 17.5. The first-order chi connectivity index (χ1) is 12.3. The molecular weight excluding hydrogens is 304 g/mol. The number of hydrogen-bond acceptors (Lipinski definition) is 2. The average Bonchev–Trinajstić information content (AvgIpc) is 2.66. The highest BCUT2D eigenvalue weighted by Crippen LogP contribution is 2.29. The molecule has 0 saturated heterocycles. The smallest absolute Gasteiger partial charge is 0.159 e. The van der Waals surface area contributed by atoms with E-state index < -0.39 is 0 Å². The van der Waals surface area contributed by atoms with E-state index in [0.717, 1.165) is 23.7 Å². The molecule has 0 amide bonds. The van der Waals surface area contributed by atoms with Crippen LogP contribution < -0.4 is 0 Å². The fraction of sp³-hybridized carbons (Fsp3) is 0.565. The Balaban J connectivity index is 1.66. The van der Waals surface area contributed by atoms with Crippen LogP contribution in [0.5, 0.6) is 0 Å². The zero-order valence-electron chi connectivity index (χ0n) is 15.9. The molecule has 1 aliphatic carbocycles. The van der Waals surface area contributed by atoms with Crippen molar-refractivity contribution in [3.05, 3.63) is 47.3 Å². The van der Waals surface area contributed by atoms with E-state index in [1.54, 1.807) is 0 Å². The topological polar surface area (TPSA) is 25.8 Å². The van der Waals surface area contributed by atoms with Gasteiger partial charge in [-0.05, 0) is 49.1 Å². The summed E-state index contributed by atoms with van der Waals surface area (Å²) in [6, 6.07) is 8.83. The number of unbranched alkanes of at least 4 members (excludes halogenated alkanes) is 3. The first-order valence-electron chi connectivity index (χ1n) is 10.2. The highest BCUT2D eigenvalue weighted by atomic mass is 14.9. The molecule has 0 N–H and O–H groups in total. The number of benzene rings is 1. The van der Waals surface area contributed by atoms with E-state index in [4.69, 9.17) is 4.98 Å². The highest BCUT2D eigenvalue weighted by Gasteiger charge is 2.20. The summed E-state index contributed by atoms with van der Waals surface area (Å²) in [4.78, 5) is 9.57. The molecule has 1 unspecified atom stereocenters. The van der Waals surface area contributed by atoms with Gasteiger partial charge in [-0.1, -0.05) is 70.2 Å². The Kier molecular flexibility index (Phi) is 6.61. The lowest BCUT2D eigenvalue weighted by Gasteiger charge is -2.23. The molecule has 0 spiro atoms. The number of hydrogen-bond donors (Lipinski definition) is 0. The summed E-state index contributed by atoms with van der Waals surface area (Å²) >= 11 is 0. The molecule has 1 aliphatic rings. The molecule has 2 nitrogen and oxygen atoms in total. The summed E-state index contributed by atoms with van der Waals surface area (Å²) in [5.41, 5.74) is 5.23. The normalized spacial score (nSPS) is 16.6. The molecule has 1 aromatic carbocycles. The van der Waals surface area contributed by atoms with Gasteiger partial charge in [-0.3, -0.25) is 0 Å². The summed E-state index contributed by atoms with van der Waals surface area (Å²) in [5.74, 6) is 1.73. The third-order valence-corrected chi connectivity index (χ3v) is 5.50. The maximum absolute atomic E-state index is 4.90. The summed E-state index contributed by atoms with van der Waals surface area (Å²) in [6.07, 6.45) is 14.8. The SMILES string of the molecule is CCCCCC1CCc2nc(-c3ccc(CCCC)cc3)ncc2C1. The van der Waals surface area contributed by atoms with Crippen LogP contribution in [0.25, 0.3) is 11.4 Å². The fourth-order valence-electron chi connectivity index (χ4n) is 3.85. The molecule has 3 rings (SSSR count). The molecule has 25 heavy (non-hydrogen) atoms. The van der Waals surface area contributed by atoms with Gasteiger partial charge in [0, 0.05) is 17.5 Å². The lowest BCUT2D eigenvalue weighted by atomic mass is 9.84. The molecule has 1 atom stereocenters. The third kappa shape index (κ3) is 4.90. The van der Waals surface area contributed by atoms with Crippen molar-refractivity contribution in [2.75, 3.05) is 0 Å². The molecule has 2 heteroatoms. The van der Waals surface area contributed by atoms with Crippen molar-refractivity contribution in [1.29, 1.82) is 0 Å². The van der Waals surface area contributed by atoms with Gasteiger partial charge in [0.1, 0.15) is 0 Å². The average molecular weight is 337 g/mol. The van der Waals surface area contributed by atoms with Gasteiger partial charge in [0.15, 0.2) is 5.82 Å². The van der Waals surface area contributed by atoms with Gasteiger partial charge >= 0.3 is 0 Å². The number of aromatic nitrogens is 2.